The summed E-state index contributed by atoms with van der Waals surface area (Å²) in [6.45, 7) is 3.63. The van der Waals surface area contributed by atoms with E-state index in [1.54, 1.807) is 6.92 Å². The number of rotatable bonds is 0. The lowest BCUT2D eigenvalue weighted by Gasteiger charge is -2.25. The van der Waals surface area contributed by atoms with E-state index in [1.807, 2.05) is 6.92 Å². The van der Waals surface area contributed by atoms with Gasteiger partial charge in [-0.1, -0.05) is 6.92 Å². The topological polar surface area (TPSA) is 29.5 Å². The van der Waals surface area contributed by atoms with Crippen LogP contribution in [-0.2, 0) is 4.74 Å². The van der Waals surface area contributed by atoms with Crippen LogP contribution in [0.15, 0.2) is 0 Å². The molecule has 4 atom stereocenters. The molecule has 1 N–H and O–H groups in total. The largest absolute Gasteiger partial charge is 0.391 e. The summed E-state index contributed by atoms with van der Waals surface area (Å²) < 4.78 is 12.3. The van der Waals surface area contributed by atoms with Crippen LogP contribution >= 0.6 is 0 Å². The monoisotopic (exact) mass is 141 g/mol. The second-order valence-electron chi connectivity index (χ2n) is 3.13. The zero-order valence-electron chi connectivity index (χ0n) is 7.37. The first-order valence-corrected chi connectivity index (χ1v) is 3.41. The van der Waals surface area contributed by atoms with Crippen LogP contribution in [0.2, 0.25) is 5.31 Å². The Hall–Kier alpha value is -0.0151. The fourth-order valence-corrected chi connectivity index (χ4v) is 1.12. The molecule has 10 heavy (non-hydrogen) atoms. The Balaban J connectivity index is 2.71. The van der Waals surface area contributed by atoms with E-state index in [4.69, 9.17) is 14.0 Å². The molecule has 1 saturated heterocycles. The molecular weight excluding hydrogens is 127 g/mol. The third kappa shape index (κ3) is 0.975. The summed E-state index contributed by atoms with van der Waals surface area (Å²) in [6.07, 6.45) is -1.30. The van der Waals surface area contributed by atoms with Gasteiger partial charge in [0, 0.05) is 1.37 Å². The lowest BCUT2D eigenvalue weighted by Crippen LogP contribution is -2.30. The van der Waals surface area contributed by atoms with Crippen LogP contribution in [0.1, 0.15) is 22.1 Å². The van der Waals surface area contributed by atoms with Gasteiger partial charge in [-0.25, -0.2) is 0 Å². The molecule has 0 aromatic heterocycles. The van der Waals surface area contributed by atoms with Crippen molar-refractivity contribution in [3.05, 3.63) is 0 Å². The van der Waals surface area contributed by atoms with Gasteiger partial charge in [-0.15, -0.1) is 0 Å². The van der Waals surface area contributed by atoms with E-state index in [-0.39, 0.29) is 13.0 Å². The summed E-state index contributed by atoms with van der Waals surface area (Å²) in [4.78, 5) is 0. The minimum absolute atomic E-state index is 0.0678. The summed E-state index contributed by atoms with van der Waals surface area (Å²) in [6, 6.07) is 0. The zero-order valence-corrected chi connectivity index (χ0v) is 6.37. The normalized spacial score (nSPS) is 56.7. The minimum Gasteiger partial charge on any atom is -0.391 e. The van der Waals surface area contributed by atoms with E-state index in [9.17, 15) is 5.11 Å². The van der Waals surface area contributed by atoms with E-state index in [1.165, 1.54) is 0 Å². The molecule has 1 heterocycles. The minimum atomic E-state index is -0.713. The number of hydrogen-bond donors (Lipinski definition) is 1. The van der Waals surface area contributed by atoms with Crippen molar-refractivity contribution in [1.82, 2.24) is 0 Å². The lowest BCUT2D eigenvalue weighted by atomic mass is 9.64. The average molecular weight is 141 g/mol. The van der Waals surface area contributed by atoms with Crippen molar-refractivity contribution in [2.45, 2.75) is 44.4 Å². The van der Waals surface area contributed by atoms with Crippen LogP contribution < -0.4 is 0 Å². The first kappa shape index (κ1) is 6.68. The highest BCUT2D eigenvalue weighted by atomic mass is 16.5. The van der Waals surface area contributed by atoms with E-state index < -0.39 is 17.5 Å². The van der Waals surface area contributed by atoms with Crippen LogP contribution in [0.5, 0.6) is 0 Å². The van der Waals surface area contributed by atoms with Gasteiger partial charge in [-0.2, -0.15) is 0 Å². The summed E-state index contributed by atoms with van der Waals surface area (Å²) in [5, 5.41) is 8.81. The van der Waals surface area contributed by atoms with Crippen molar-refractivity contribution in [2.24, 2.45) is 0 Å². The Bertz CT molecular complexity index is 151. The zero-order chi connectivity index (χ0) is 8.65. The van der Waals surface area contributed by atoms with Crippen LogP contribution in [0.4, 0.5) is 0 Å². The lowest BCUT2D eigenvalue weighted by molar-refractivity contribution is 0.0287. The predicted octanol–water partition coefficient (Wildman–Crippen LogP) is 0.502. The predicted molar refractivity (Wildman–Crippen MR) is 40.1 cm³/mol. The third-order valence-electron chi connectivity index (χ3n) is 2.24. The van der Waals surface area contributed by atoms with Gasteiger partial charge < -0.3 is 9.84 Å². The van der Waals surface area contributed by atoms with Gasteiger partial charge in [-0.3, -0.25) is 0 Å². The standard InChI is InChI=1S/C7H13BO2/c1-4-6(9)7(3,8)5(2)10-4/h4-6,9H,1-3H3/t4-,5+,6-,7?/m1/s1/i1D. The second-order valence-corrected chi connectivity index (χ2v) is 3.13. The van der Waals surface area contributed by atoms with E-state index in [0.29, 0.717) is 0 Å². The molecule has 3 heteroatoms. The number of aliphatic hydroxyl groups excluding tert-OH is 1. The summed E-state index contributed by atoms with van der Waals surface area (Å²) in [5.74, 6) is 0. The molecule has 0 aromatic carbocycles. The fraction of sp³-hybridized carbons (Fsp3) is 1.00. The Morgan fingerprint density at radius 3 is 2.60 bits per heavy atom. The van der Waals surface area contributed by atoms with Gasteiger partial charge in [0.05, 0.1) is 26.2 Å². The van der Waals surface area contributed by atoms with Gasteiger partial charge in [0.1, 0.15) is 0 Å². The number of ether oxygens (including phenoxy) is 1. The SMILES string of the molecule is [2H]C[C@H]1O[C@@H](C)C([B])(C)[C@@H]1O. The van der Waals surface area contributed by atoms with E-state index in [2.05, 4.69) is 0 Å². The van der Waals surface area contributed by atoms with E-state index >= 15 is 0 Å². The maximum Gasteiger partial charge on any atom is 0.0814 e. The van der Waals surface area contributed by atoms with Crippen LogP contribution in [0.25, 0.3) is 0 Å². The van der Waals surface area contributed by atoms with Crippen molar-refractivity contribution in [3.63, 3.8) is 0 Å². The van der Waals surface area contributed by atoms with Crippen molar-refractivity contribution >= 4 is 7.85 Å². The maximum absolute atomic E-state index is 9.52. The Kier molecular flexibility index (Phi) is 1.50. The van der Waals surface area contributed by atoms with Crippen LogP contribution in [0, 0.1) is 0 Å². The molecule has 2 nitrogen and oxygen atoms in total. The van der Waals surface area contributed by atoms with Crippen LogP contribution in [0.3, 0.4) is 0 Å². The van der Waals surface area contributed by atoms with Gasteiger partial charge in [0.2, 0.25) is 0 Å². The molecule has 1 aliphatic heterocycles. The first-order chi connectivity index (χ1) is 5.00. The first-order valence-electron chi connectivity index (χ1n) is 4.12. The molecule has 0 amide bonds. The number of hydrogen-bond acceptors (Lipinski definition) is 2. The number of aliphatic hydroxyl groups is 1. The second kappa shape index (κ2) is 2.24. The van der Waals surface area contributed by atoms with E-state index in [0.717, 1.165) is 0 Å². The Morgan fingerprint density at radius 2 is 2.40 bits per heavy atom. The van der Waals surface area contributed by atoms with Crippen molar-refractivity contribution in [2.75, 3.05) is 0 Å². The summed E-state index contributed by atoms with van der Waals surface area (Å²) >= 11 is 0. The average Bonchev–Trinajstić information content (AvgIpc) is 2.14. The van der Waals surface area contributed by atoms with Gasteiger partial charge in [0.25, 0.3) is 0 Å². The summed E-state index contributed by atoms with van der Waals surface area (Å²) in [7, 11) is 5.77. The highest BCUT2D eigenvalue weighted by Crippen LogP contribution is 2.41. The fourth-order valence-electron chi connectivity index (χ4n) is 1.12. The summed E-state index contributed by atoms with van der Waals surface area (Å²) in [5.41, 5.74) is 0. The molecule has 2 radical (unpaired) electrons. The van der Waals surface area contributed by atoms with Crippen LogP contribution in [-0.4, -0.2) is 31.3 Å². The third-order valence-corrected chi connectivity index (χ3v) is 2.24. The molecule has 1 unspecified atom stereocenters. The molecule has 0 aliphatic carbocycles. The molecule has 1 fully saturated rings. The molecule has 0 saturated carbocycles. The molecule has 0 bridgehead atoms. The smallest absolute Gasteiger partial charge is 0.0814 e. The van der Waals surface area contributed by atoms with Crippen molar-refractivity contribution in [1.29, 1.82) is 0 Å². The Labute approximate surface area is 64.4 Å². The highest BCUT2D eigenvalue weighted by molar-refractivity contribution is 6.16. The van der Waals surface area contributed by atoms with Gasteiger partial charge in [0.15, 0.2) is 0 Å². The molecule has 56 valence electrons. The van der Waals surface area contributed by atoms with Gasteiger partial charge in [-0.05, 0) is 19.1 Å². The Morgan fingerprint density at radius 1 is 1.80 bits per heavy atom. The molecular formula is C7H13BO2. The quantitative estimate of drug-likeness (QED) is 0.497. The van der Waals surface area contributed by atoms with Crippen molar-refractivity contribution < 1.29 is 11.2 Å². The molecule has 0 aromatic rings. The van der Waals surface area contributed by atoms with Gasteiger partial charge >= 0.3 is 0 Å². The molecule has 1 rings (SSSR count). The molecule has 0 spiro atoms. The maximum atomic E-state index is 9.52. The molecule has 1 aliphatic rings. The van der Waals surface area contributed by atoms with Crippen molar-refractivity contribution in [3.8, 4) is 0 Å². The highest BCUT2D eigenvalue weighted by Gasteiger charge is 2.44.